The van der Waals surface area contributed by atoms with Crippen molar-refractivity contribution in [3.8, 4) is 5.75 Å². The van der Waals surface area contributed by atoms with E-state index in [2.05, 4.69) is 10.8 Å². The number of nitrogens with zero attached hydrogens (tertiary/aromatic N) is 2. The molecule has 1 aromatic carbocycles. The van der Waals surface area contributed by atoms with Gasteiger partial charge < -0.3 is 25.0 Å². The van der Waals surface area contributed by atoms with Gasteiger partial charge in [0.05, 0.1) is 33.9 Å². The van der Waals surface area contributed by atoms with Crippen molar-refractivity contribution in [2.24, 2.45) is 11.7 Å². The van der Waals surface area contributed by atoms with Crippen molar-refractivity contribution in [2.45, 2.75) is 37.5 Å². The summed E-state index contributed by atoms with van der Waals surface area (Å²) < 4.78 is 35.1. The van der Waals surface area contributed by atoms with E-state index in [0.717, 1.165) is 30.7 Å². The molecule has 10 heteroatoms. The maximum Gasteiger partial charge on any atom is 0.511 e. The van der Waals surface area contributed by atoms with Gasteiger partial charge in [-0.05, 0) is 24.5 Å². The monoisotopic (exact) mass is 451 g/mol. The first-order chi connectivity index (χ1) is 14.8. The first kappa shape index (κ1) is 20.3. The van der Waals surface area contributed by atoms with Crippen molar-refractivity contribution in [2.75, 3.05) is 18.0 Å². The topological polar surface area (TPSA) is 97.8 Å². The fourth-order valence-electron chi connectivity index (χ4n) is 4.78. The molecule has 164 valence electrons. The summed E-state index contributed by atoms with van der Waals surface area (Å²) in [6.07, 6.45) is 2.32. The number of aromatic nitrogens is 1. The lowest BCUT2D eigenvalue weighted by Crippen LogP contribution is -2.34. The number of ether oxygens (including phenoxy) is 1. The predicted molar refractivity (Wildman–Crippen MR) is 111 cm³/mol. The Morgan fingerprint density at radius 2 is 2.13 bits per heavy atom. The summed E-state index contributed by atoms with van der Waals surface area (Å²) in [6.45, 7) is 0.967. The summed E-state index contributed by atoms with van der Waals surface area (Å²) in [6, 6.07) is 0.378. The molecule has 2 fully saturated rings. The van der Waals surface area contributed by atoms with Gasteiger partial charge in [0.25, 0.3) is 0 Å². The summed E-state index contributed by atoms with van der Waals surface area (Å²) in [4.78, 5) is 25.5. The summed E-state index contributed by atoms with van der Waals surface area (Å²) in [5.41, 5.74) is 6.86. The quantitative estimate of drug-likeness (QED) is 0.546. The van der Waals surface area contributed by atoms with E-state index in [1.807, 2.05) is 0 Å². The Morgan fingerprint density at radius 3 is 2.77 bits per heavy atom. The van der Waals surface area contributed by atoms with Gasteiger partial charge in [-0.25, -0.2) is 13.6 Å². The summed E-state index contributed by atoms with van der Waals surface area (Å²) in [5.74, 6) is -1.13. The van der Waals surface area contributed by atoms with Crippen LogP contribution in [-0.2, 0) is 0 Å². The van der Waals surface area contributed by atoms with Crippen LogP contribution < -0.4 is 20.8 Å². The molecular weight excluding hydrogens is 432 g/mol. The van der Waals surface area contributed by atoms with Crippen molar-refractivity contribution in [3.05, 3.63) is 45.0 Å². The Labute approximate surface area is 180 Å². The Kier molecular flexibility index (Phi) is 4.71. The minimum Gasteiger partial charge on any atom is -0.449 e. The number of fused-ring (bicyclic) bond motifs is 2. The number of carbonyl (C=O) groups is 1. The number of rotatable bonds is 3. The first-order valence-electron chi connectivity index (χ1n) is 10.1. The number of anilines is 1. The van der Waals surface area contributed by atoms with Crippen LogP contribution in [0, 0.1) is 11.7 Å². The van der Waals surface area contributed by atoms with E-state index < -0.39 is 35.4 Å². The highest BCUT2D eigenvalue weighted by Crippen LogP contribution is 2.46. The second kappa shape index (κ2) is 7.20. The Morgan fingerprint density at radius 1 is 1.39 bits per heavy atom. The lowest BCUT2D eigenvalue weighted by molar-refractivity contribution is 0.143. The average Bonchev–Trinajstić information content (AvgIpc) is 3.26. The second-order valence-electron chi connectivity index (χ2n) is 8.34. The third-order valence-electron chi connectivity index (χ3n) is 6.39. The van der Waals surface area contributed by atoms with E-state index in [9.17, 15) is 14.0 Å². The van der Waals surface area contributed by atoms with Crippen LogP contribution in [0.25, 0.3) is 10.9 Å². The Bertz CT molecular complexity index is 1200. The number of nitrogens with two attached hydrogens (primary N) is 1. The molecule has 1 aliphatic heterocycles. The molecule has 4 atom stereocenters. The molecule has 31 heavy (non-hydrogen) atoms. The fraction of sp³-hybridized carbons (Fsp3) is 0.429. The van der Waals surface area contributed by atoms with Crippen LogP contribution in [-0.4, -0.2) is 41.1 Å². The van der Waals surface area contributed by atoms with Crippen LogP contribution in [0.3, 0.4) is 0 Å². The second-order valence-corrected chi connectivity index (χ2v) is 8.72. The molecule has 3 N–H and O–H groups in total. The number of pyridine rings is 1. The van der Waals surface area contributed by atoms with Gasteiger partial charge in [0.15, 0.2) is 5.75 Å². The number of hydrogen-bond acceptors (Lipinski definition) is 5. The third-order valence-corrected chi connectivity index (χ3v) is 6.75. The molecule has 7 nitrogen and oxygen atoms in total. The Hall–Kier alpha value is -2.65. The van der Waals surface area contributed by atoms with E-state index in [-0.39, 0.29) is 40.0 Å². The molecule has 1 saturated heterocycles. The standard InChI is InChI=1S/C21H20ClF2N3O4/c22-17-18-10(20(28)16(31-21(29)30)8-27(18)15-5-12(15)23)4-13(24)19(17)26-6-9-2-1-3-14(25)11(9)7-26/h2,4,8,11-12,14-15H,1,3,5-7,25H2,(H,29,30)/t11?,12-,14?,15+/m0/s1. The van der Waals surface area contributed by atoms with Gasteiger partial charge in [0, 0.05) is 31.5 Å². The van der Waals surface area contributed by atoms with Crippen molar-refractivity contribution in [1.82, 2.24) is 4.57 Å². The minimum absolute atomic E-state index is 0.0131. The number of carboxylic acid groups (broad SMARTS) is 1. The number of benzene rings is 1. The zero-order valence-electron chi connectivity index (χ0n) is 16.4. The molecule has 2 heterocycles. The summed E-state index contributed by atoms with van der Waals surface area (Å²) in [7, 11) is 0. The van der Waals surface area contributed by atoms with Gasteiger partial charge in [-0.15, -0.1) is 0 Å². The van der Waals surface area contributed by atoms with Gasteiger partial charge in [-0.3, -0.25) is 4.79 Å². The van der Waals surface area contributed by atoms with Crippen LogP contribution in [0.2, 0.25) is 5.02 Å². The molecule has 2 aliphatic carbocycles. The highest BCUT2D eigenvalue weighted by Gasteiger charge is 2.41. The molecule has 2 aromatic rings. The molecule has 0 amide bonds. The molecule has 0 bridgehead atoms. The van der Waals surface area contributed by atoms with Gasteiger partial charge in [-0.1, -0.05) is 17.7 Å². The Balaban J connectivity index is 1.68. The number of allylic oxidation sites excluding steroid dienone is 1. The minimum atomic E-state index is -1.69. The van der Waals surface area contributed by atoms with E-state index in [4.69, 9.17) is 22.4 Å². The van der Waals surface area contributed by atoms with E-state index in [1.54, 1.807) is 4.90 Å². The number of halogens is 3. The highest BCUT2D eigenvalue weighted by atomic mass is 35.5. The lowest BCUT2D eigenvalue weighted by Gasteiger charge is -2.25. The molecule has 5 rings (SSSR count). The fourth-order valence-corrected chi connectivity index (χ4v) is 5.19. The third kappa shape index (κ3) is 3.27. The smallest absolute Gasteiger partial charge is 0.449 e. The van der Waals surface area contributed by atoms with E-state index >= 15 is 4.39 Å². The number of alkyl halides is 1. The van der Waals surface area contributed by atoms with Crippen molar-refractivity contribution < 1.29 is 23.4 Å². The molecule has 2 unspecified atom stereocenters. The van der Waals surface area contributed by atoms with Crippen LogP contribution in [0.4, 0.5) is 19.3 Å². The molecule has 0 radical (unpaired) electrons. The van der Waals surface area contributed by atoms with Gasteiger partial charge in [0.1, 0.15) is 12.0 Å². The molecule has 1 saturated carbocycles. The van der Waals surface area contributed by atoms with Gasteiger partial charge >= 0.3 is 6.16 Å². The summed E-state index contributed by atoms with van der Waals surface area (Å²) >= 11 is 6.64. The van der Waals surface area contributed by atoms with E-state index in [0.29, 0.717) is 13.1 Å². The van der Waals surface area contributed by atoms with Gasteiger partial charge in [-0.2, -0.15) is 0 Å². The summed E-state index contributed by atoms with van der Waals surface area (Å²) in [5, 5.41) is 8.74. The predicted octanol–water partition coefficient (Wildman–Crippen LogP) is 3.62. The molecule has 3 aliphatic rings. The highest BCUT2D eigenvalue weighted by molar-refractivity contribution is 6.38. The maximum absolute atomic E-state index is 15.3. The SMILES string of the molecule is NC1CCC=C2CN(c3c(F)cc4c(=O)c(OC(=O)O)cn([C@@H]5C[C@@H]5F)c4c3Cl)CC21. The largest absolute Gasteiger partial charge is 0.511 e. The van der Waals surface area contributed by atoms with Crippen LogP contribution in [0.15, 0.2) is 28.7 Å². The zero-order valence-corrected chi connectivity index (χ0v) is 17.1. The van der Waals surface area contributed by atoms with Crippen molar-refractivity contribution in [3.63, 3.8) is 0 Å². The molecule has 1 aromatic heterocycles. The van der Waals surface area contributed by atoms with Gasteiger partial charge in [0.2, 0.25) is 5.43 Å². The first-order valence-corrected chi connectivity index (χ1v) is 10.4. The zero-order chi connectivity index (χ0) is 22.0. The number of hydrogen-bond donors (Lipinski definition) is 2. The van der Waals surface area contributed by atoms with Crippen LogP contribution in [0.1, 0.15) is 25.3 Å². The normalized spacial score (nSPS) is 27.2. The van der Waals surface area contributed by atoms with E-state index in [1.165, 1.54) is 4.57 Å². The molecule has 0 spiro atoms. The van der Waals surface area contributed by atoms with Crippen molar-refractivity contribution >= 4 is 34.3 Å². The molecular formula is C21H20ClF2N3O4. The average molecular weight is 452 g/mol. The van der Waals surface area contributed by atoms with Crippen LogP contribution >= 0.6 is 11.6 Å². The maximum atomic E-state index is 15.3. The van der Waals surface area contributed by atoms with Crippen molar-refractivity contribution in [1.29, 1.82) is 0 Å². The lowest BCUT2D eigenvalue weighted by atomic mass is 9.86. The van der Waals surface area contributed by atoms with Crippen LogP contribution in [0.5, 0.6) is 5.75 Å².